The molecule has 8 heteroatoms. The van der Waals surface area contributed by atoms with Crippen LogP contribution in [-0.2, 0) is 14.8 Å². The molecule has 27 heavy (non-hydrogen) atoms. The van der Waals surface area contributed by atoms with Gasteiger partial charge in [-0.3, -0.25) is 0 Å². The second kappa shape index (κ2) is 6.99. The number of hydrazone groups is 1. The number of carbonyl (C=O) groups excluding carboxylic acids is 1. The van der Waals surface area contributed by atoms with Crippen molar-refractivity contribution < 1.29 is 17.9 Å². The zero-order chi connectivity index (χ0) is 19.8. The molecule has 3 unspecified atom stereocenters. The van der Waals surface area contributed by atoms with Gasteiger partial charge in [0.05, 0.1) is 18.0 Å². The first kappa shape index (κ1) is 19.4. The van der Waals surface area contributed by atoms with Gasteiger partial charge in [-0.05, 0) is 32.4 Å². The van der Waals surface area contributed by atoms with Gasteiger partial charge in [-0.1, -0.05) is 36.8 Å². The maximum Gasteiger partial charge on any atom is 0.410 e. The standard InChI is InChI=1S/C19H25N3O4S/c1-13-5-7-15(8-6-13)27(24,25)21-20-14(2)16-11-19(3)10-9-17(16)22(12-19)18(23)26-4/h5-10,16-17,21H,11-12H2,1-4H3. The van der Waals surface area contributed by atoms with E-state index in [2.05, 4.69) is 22.9 Å². The molecule has 7 nitrogen and oxygen atoms in total. The highest BCUT2D eigenvalue weighted by Gasteiger charge is 2.47. The number of aryl methyl sites for hydroxylation is 1. The fourth-order valence-electron chi connectivity index (χ4n) is 3.77. The summed E-state index contributed by atoms with van der Waals surface area (Å²) in [7, 11) is -2.37. The van der Waals surface area contributed by atoms with E-state index in [1.165, 1.54) is 7.11 Å². The molecule has 1 aromatic rings. The molecule has 0 radical (unpaired) electrons. The zero-order valence-electron chi connectivity index (χ0n) is 16.0. The average Bonchev–Trinajstić information content (AvgIpc) is 2.65. The molecule has 146 valence electrons. The van der Waals surface area contributed by atoms with Gasteiger partial charge < -0.3 is 9.64 Å². The van der Waals surface area contributed by atoms with Crippen LogP contribution in [0.1, 0.15) is 25.8 Å². The average molecular weight is 391 g/mol. The second-order valence-electron chi connectivity index (χ2n) is 7.57. The van der Waals surface area contributed by atoms with E-state index < -0.39 is 10.0 Å². The lowest BCUT2D eigenvalue weighted by Gasteiger charge is -2.50. The number of nitrogens with one attached hydrogen (secondary N) is 1. The third-order valence-corrected chi connectivity index (χ3v) is 6.53. The van der Waals surface area contributed by atoms with Crippen molar-refractivity contribution in [2.75, 3.05) is 13.7 Å². The van der Waals surface area contributed by atoms with Crippen LogP contribution in [0.2, 0.25) is 0 Å². The predicted octanol–water partition coefficient (Wildman–Crippen LogP) is 2.68. The Labute approximate surface area is 160 Å². The first-order valence-corrected chi connectivity index (χ1v) is 10.3. The maximum atomic E-state index is 12.5. The van der Waals surface area contributed by atoms with E-state index in [0.29, 0.717) is 12.3 Å². The summed E-state index contributed by atoms with van der Waals surface area (Å²) >= 11 is 0. The number of rotatable bonds is 4. The van der Waals surface area contributed by atoms with Gasteiger partial charge >= 0.3 is 6.09 Å². The van der Waals surface area contributed by atoms with Crippen molar-refractivity contribution in [1.29, 1.82) is 0 Å². The Hall–Kier alpha value is -2.35. The highest BCUT2D eigenvalue weighted by atomic mass is 32.2. The molecule has 3 atom stereocenters. The summed E-state index contributed by atoms with van der Waals surface area (Å²) in [5.41, 5.74) is 1.44. The Bertz CT molecular complexity index is 892. The van der Waals surface area contributed by atoms with Crippen molar-refractivity contribution in [2.24, 2.45) is 16.4 Å². The van der Waals surface area contributed by atoms with Crippen LogP contribution >= 0.6 is 0 Å². The van der Waals surface area contributed by atoms with Crippen molar-refractivity contribution in [1.82, 2.24) is 9.73 Å². The number of amides is 1. The van der Waals surface area contributed by atoms with Crippen molar-refractivity contribution >= 4 is 21.8 Å². The summed E-state index contributed by atoms with van der Waals surface area (Å²) < 4.78 is 29.8. The number of nitrogens with zero attached hydrogens (tertiary/aromatic N) is 2. The number of fused-ring (bicyclic) bond motifs is 2. The second-order valence-corrected chi connectivity index (χ2v) is 9.23. The highest BCUT2D eigenvalue weighted by molar-refractivity contribution is 7.89. The molecule has 4 rings (SSSR count). The van der Waals surface area contributed by atoms with E-state index >= 15 is 0 Å². The van der Waals surface area contributed by atoms with Gasteiger partial charge in [-0.15, -0.1) is 0 Å². The molecule has 2 bridgehead atoms. The van der Waals surface area contributed by atoms with E-state index in [1.54, 1.807) is 36.1 Å². The quantitative estimate of drug-likeness (QED) is 0.486. The zero-order valence-corrected chi connectivity index (χ0v) is 16.8. The molecule has 1 aliphatic carbocycles. The molecule has 0 aromatic heterocycles. The summed E-state index contributed by atoms with van der Waals surface area (Å²) in [6.07, 6.45) is 4.52. The van der Waals surface area contributed by atoms with E-state index in [0.717, 1.165) is 12.0 Å². The summed E-state index contributed by atoms with van der Waals surface area (Å²) in [4.78, 5) is 16.3. The molecule has 0 saturated carbocycles. The van der Waals surface area contributed by atoms with Crippen LogP contribution in [0.25, 0.3) is 0 Å². The molecule has 1 N–H and O–H groups in total. The summed E-state index contributed by atoms with van der Waals surface area (Å²) in [6, 6.07) is 6.39. The molecule has 1 amide bonds. The van der Waals surface area contributed by atoms with Crippen LogP contribution < -0.4 is 4.83 Å². The fourth-order valence-corrected chi connectivity index (χ4v) is 4.64. The van der Waals surface area contributed by atoms with E-state index in [4.69, 9.17) is 4.74 Å². The highest BCUT2D eigenvalue weighted by Crippen LogP contribution is 2.43. The number of hydrogen-bond acceptors (Lipinski definition) is 5. The Morgan fingerprint density at radius 1 is 1.33 bits per heavy atom. The van der Waals surface area contributed by atoms with Gasteiger partial charge in [-0.2, -0.15) is 13.5 Å². The Balaban J connectivity index is 1.80. The smallest absolute Gasteiger partial charge is 0.410 e. The number of piperidine rings is 1. The molecule has 0 spiro atoms. The molecule has 1 fully saturated rings. The Morgan fingerprint density at radius 2 is 2.00 bits per heavy atom. The minimum absolute atomic E-state index is 0.0754. The van der Waals surface area contributed by atoms with Gasteiger partial charge in [0.1, 0.15) is 0 Å². The molecular weight excluding hydrogens is 366 g/mol. The van der Waals surface area contributed by atoms with Gasteiger partial charge in [-0.25, -0.2) is 9.63 Å². The minimum Gasteiger partial charge on any atom is -0.453 e. The maximum absolute atomic E-state index is 12.5. The lowest BCUT2D eigenvalue weighted by atomic mass is 9.67. The predicted molar refractivity (Wildman–Crippen MR) is 103 cm³/mol. The molecule has 1 aromatic carbocycles. The topological polar surface area (TPSA) is 88.1 Å². The van der Waals surface area contributed by atoms with Crippen LogP contribution in [0, 0.1) is 18.3 Å². The molecule has 2 heterocycles. The van der Waals surface area contributed by atoms with Crippen molar-refractivity contribution in [2.45, 2.75) is 38.1 Å². The first-order chi connectivity index (χ1) is 12.6. The number of benzene rings is 1. The van der Waals surface area contributed by atoms with Crippen LogP contribution in [0.3, 0.4) is 0 Å². The number of sulfonamides is 1. The van der Waals surface area contributed by atoms with Crippen LogP contribution in [0.5, 0.6) is 0 Å². The van der Waals surface area contributed by atoms with Gasteiger partial charge in [0.15, 0.2) is 0 Å². The molecular formula is C19H25N3O4S. The third kappa shape index (κ3) is 3.85. The largest absolute Gasteiger partial charge is 0.453 e. The van der Waals surface area contributed by atoms with Gasteiger partial charge in [0.25, 0.3) is 10.0 Å². The van der Waals surface area contributed by atoms with Crippen molar-refractivity contribution in [3.63, 3.8) is 0 Å². The minimum atomic E-state index is -3.73. The number of methoxy groups -OCH3 is 1. The SMILES string of the molecule is COC(=O)N1CC2(C)C=CC1C(C(C)=NNS(=O)(=O)c1ccc(C)cc1)C2. The molecule has 1 saturated heterocycles. The van der Waals surface area contributed by atoms with E-state index in [-0.39, 0.29) is 28.4 Å². The van der Waals surface area contributed by atoms with Crippen LogP contribution in [0.4, 0.5) is 4.79 Å². The number of hydrogen-bond donors (Lipinski definition) is 1. The normalized spacial score (nSPS) is 27.6. The fraction of sp³-hybridized carbons (Fsp3) is 0.474. The van der Waals surface area contributed by atoms with Crippen LogP contribution in [-0.4, -0.2) is 44.8 Å². The summed E-state index contributed by atoms with van der Waals surface area (Å²) in [6.45, 7) is 6.34. The number of carbonyl (C=O) groups is 1. The van der Waals surface area contributed by atoms with E-state index in [1.807, 2.05) is 13.0 Å². The third-order valence-electron chi connectivity index (χ3n) is 5.30. The van der Waals surface area contributed by atoms with Crippen molar-refractivity contribution in [3.05, 3.63) is 42.0 Å². The summed E-state index contributed by atoms with van der Waals surface area (Å²) in [5, 5.41) is 4.15. The molecule has 3 aliphatic rings. The van der Waals surface area contributed by atoms with Gasteiger partial charge in [0, 0.05) is 23.6 Å². The summed E-state index contributed by atoms with van der Waals surface area (Å²) in [5.74, 6) is -0.0754. The van der Waals surface area contributed by atoms with Crippen LogP contribution in [0.15, 0.2) is 46.4 Å². The van der Waals surface area contributed by atoms with E-state index in [9.17, 15) is 13.2 Å². The Kier molecular flexibility index (Phi) is 5.03. The lowest BCUT2D eigenvalue weighted by Crippen LogP contribution is -2.58. The monoisotopic (exact) mass is 391 g/mol. The van der Waals surface area contributed by atoms with Gasteiger partial charge in [0.2, 0.25) is 0 Å². The number of ether oxygens (including phenoxy) is 1. The first-order valence-electron chi connectivity index (χ1n) is 8.82. The lowest BCUT2D eigenvalue weighted by molar-refractivity contribution is 0.0476. The molecule has 2 aliphatic heterocycles. The Morgan fingerprint density at radius 3 is 2.59 bits per heavy atom. The van der Waals surface area contributed by atoms with Crippen molar-refractivity contribution in [3.8, 4) is 0 Å².